The van der Waals surface area contributed by atoms with Crippen molar-refractivity contribution in [1.29, 1.82) is 0 Å². The van der Waals surface area contributed by atoms with Gasteiger partial charge in [0.05, 0.1) is 22.0 Å². The summed E-state index contributed by atoms with van der Waals surface area (Å²) in [6.45, 7) is 0. The Morgan fingerprint density at radius 1 is 0.791 bits per heavy atom. The van der Waals surface area contributed by atoms with Gasteiger partial charge in [-0.05, 0) is 48.9 Å². The van der Waals surface area contributed by atoms with E-state index in [1.807, 2.05) is 11.3 Å². The van der Waals surface area contributed by atoms with E-state index in [-0.39, 0.29) is 6.29 Å². The fraction of sp³-hybridized carbons (Fsp3) is 0.0526. The van der Waals surface area contributed by atoms with Gasteiger partial charge in [0.1, 0.15) is 5.42 Å². The summed E-state index contributed by atoms with van der Waals surface area (Å²) in [5, 5.41) is 10.9. The number of fused-ring (bicyclic) bond motifs is 11. The van der Waals surface area contributed by atoms with Crippen LogP contribution in [0, 0.1) is 0 Å². The summed E-state index contributed by atoms with van der Waals surface area (Å²) in [7, 11) is 0. The zero-order chi connectivity index (χ0) is 28.1. The van der Waals surface area contributed by atoms with Crippen molar-refractivity contribution in [2.75, 3.05) is 5.32 Å². The molecule has 1 aliphatic heterocycles. The average Bonchev–Trinajstić information content (AvgIpc) is 3.73. The fourth-order valence-corrected chi connectivity index (χ4v) is 8.05. The quantitative estimate of drug-likeness (QED) is 0.227. The molecular formula is C38H23N3OS. The summed E-state index contributed by atoms with van der Waals surface area (Å²) >= 11 is 1.84. The molecule has 8 aromatic rings. The van der Waals surface area contributed by atoms with Crippen molar-refractivity contribution in [2.45, 2.75) is 12.7 Å². The van der Waals surface area contributed by atoms with Crippen LogP contribution in [0.15, 0.2) is 119 Å². The maximum absolute atomic E-state index is 6.61. The molecule has 0 radical (unpaired) electrons. The number of nitrogens with zero attached hydrogens (tertiary/aromatic N) is 2. The lowest BCUT2D eigenvalue weighted by Gasteiger charge is -2.28. The second-order valence-electron chi connectivity index (χ2n) is 11.2. The van der Waals surface area contributed by atoms with Crippen LogP contribution in [0.5, 0.6) is 0 Å². The molecule has 1 unspecified atom stereocenters. The molecule has 4 nitrogen and oxygen atoms in total. The van der Waals surface area contributed by atoms with Gasteiger partial charge in [0, 0.05) is 53.1 Å². The van der Waals surface area contributed by atoms with Gasteiger partial charge in [-0.1, -0.05) is 72.8 Å². The summed E-state index contributed by atoms with van der Waals surface area (Å²) in [6.07, 6.45) is 4.66. The SMILES string of the molecule is C1=CCC=c2oc3c(ccc4c5ccccc5n(C5N=C(c6ccccc6)c6cc7sc8ccccc8c7cc6N5)c43)c2=1. The lowest BCUT2D eigenvalue weighted by Crippen LogP contribution is -2.25. The van der Waals surface area contributed by atoms with Gasteiger partial charge in [0.15, 0.2) is 5.58 Å². The van der Waals surface area contributed by atoms with Crippen LogP contribution in [0.25, 0.3) is 64.8 Å². The van der Waals surface area contributed by atoms with E-state index in [2.05, 4.69) is 131 Å². The minimum absolute atomic E-state index is 0.385. The van der Waals surface area contributed by atoms with Gasteiger partial charge >= 0.3 is 0 Å². The second kappa shape index (κ2) is 8.59. The molecule has 0 fully saturated rings. The third-order valence-electron chi connectivity index (χ3n) is 8.82. The zero-order valence-electron chi connectivity index (χ0n) is 23.0. The monoisotopic (exact) mass is 569 g/mol. The molecule has 0 saturated carbocycles. The summed E-state index contributed by atoms with van der Waals surface area (Å²) in [4.78, 5) is 5.49. The molecule has 2 aliphatic rings. The predicted molar refractivity (Wildman–Crippen MR) is 180 cm³/mol. The van der Waals surface area contributed by atoms with Gasteiger partial charge in [-0.25, -0.2) is 4.99 Å². The molecule has 3 aromatic heterocycles. The minimum atomic E-state index is -0.385. The van der Waals surface area contributed by atoms with Crippen molar-refractivity contribution in [1.82, 2.24) is 4.57 Å². The summed E-state index contributed by atoms with van der Waals surface area (Å²) in [6, 6.07) is 36.8. The van der Waals surface area contributed by atoms with Crippen LogP contribution in [0.4, 0.5) is 5.69 Å². The van der Waals surface area contributed by atoms with Crippen LogP contribution in [-0.4, -0.2) is 10.3 Å². The number of hydrogen-bond donors (Lipinski definition) is 1. The zero-order valence-corrected chi connectivity index (χ0v) is 23.8. The van der Waals surface area contributed by atoms with E-state index in [4.69, 9.17) is 9.41 Å². The molecule has 5 aromatic carbocycles. The van der Waals surface area contributed by atoms with Crippen molar-refractivity contribution < 1.29 is 4.42 Å². The molecule has 1 atom stereocenters. The number of anilines is 1. The Hall–Kier alpha value is -5.35. The highest BCUT2D eigenvalue weighted by Crippen LogP contribution is 2.42. The Labute approximate surface area is 249 Å². The summed E-state index contributed by atoms with van der Waals surface area (Å²) < 4.78 is 11.5. The number of nitrogens with one attached hydrogen (secondary N) is 1. The number of para-hydroxylation sites is 1. The molecule has 0 bridgehead atoms. The molecule has 4 heterocycles. The van der Waals surface area contributed by atoms with Crippen molar-refractivity contribution in [3.63, 3.8) is 0 Å². The molecule has 1 aliphatic carbocycles. The van der Waals surface area contributed by atoms with Crippen molar-refractivity contribution >= 4 is 87.5 Å². The average molecular weight is 570 g/mol. The highest BCUT2D eigenvalue weighted by molar-refractivity contribution is 7.25. The largest absolute Gasteiger partial charge is 0.453 e. The maximum atomic E-state index is 6.61. The Kier molecular flexibility index (Phi) is 4.64. The van der Waals surface area contributed by atoms with Gasteiger partial charge in [-0.2, -0.15) is 0 Å². The van der Waals surface area contributed by atoms with Gasteiger partial charge in [0.25, 0.3) is 0 Å². The Morgan fingerprint density at radius 2 is 1.60 bits per heavy atom. The van der Waals surface area contributed by atoms with E-state index >= 15 is 0 Å². The van der Waals surface area contributed by atoms with E-state index in [1.165, 1.54) is 25.6 Å². The van der Waals surface area contributed by atoms with Gasteiger partial charge in [0.2, 0.25) is 6.29 Å². The normalized spacial score (nSPS) is 15.8. The number of hydrogen-bond acceptors (Lipinski definition) is 4. The van der Waals surface area contributed by atoms with Crippen LogP contribution in [0.3, 0.4) is 0 Å². The lowest BCUT2D eigenvalue weighted by molar-refractivity contribution is 0.569. The van der Waals surface area contributed by atoms with Crippen LogP contribution in [-0.2, 0) is 0 Å². The van der Waals surface area contributed by atoms with Crippen molar-refractivity contribution in [3.05, 3.63) is 131 Å². The molecule has 10 rings (SSSR count). The fourth-order valence-electron chi connectivity index (χ4n) is 6.93. The first-order chi connectivity index (χ1) is 21.3. The molecular weight excluding hydrogens is 547 g/mol. The first-order valence-corrected chi connectivity index (χ1v) is 15.4. The Balaban J connectivity index is 1.31. The minimum Gasteiger partial charge on any atom is -0.453 e. The molecule has 0 amide bonds. The highest BCUT2D eigenvalue weighted by atomic mass is 32.1. The number of aromatic nitrogens is 1. The van der Waals surface area contributed by atoms with E-state index in [1.54, 1.807) is 0 Å². The Bertz CT molecular complexity index is 2670. The Morgan fingerprint density at radius 3 is 2.53 bits per heavy atom. The summed E-state index contributed by atoms with van der Waals surface area (Å²) in [5.74, 6) is 0. The summed E-state index contributed by atoms with van der Waals surface area (Å²) in [5.41, 5.74) is 11.7. The van der Waals surface area contributed by atoms with E-state index in [9.17, 15) is 0 Å². The van der Waals surface area contributed by atoms with Crippen LogP contribution >= 0.6 is 11.3 Å². The molecule has 0 spiro atoms. The molecule has 43 heavy (non-hydrogen) atoms. The second-order valence-corrected chi connectivity index (χ2v) is 12.3. The van der Waals surface area contributed by atoms with Gasteiger partial charge in [-0.15, -0.1) is 17.1 Å². The number of thiophene rings is 1. The molecule has 0 saturated heterocycles. The third-order valence-corrected chi connectivity index (χ3v) is 9.95. The maximum Gasteiger partial charge on any atom is 0.201 e. The topological polar surface area (TPSA) is 42.5 Å². The van der Waals surface area contributed by atoms with Gasteiger partial charge in [-0.3, -0.25) is 4.57 Å². The standard InChI is InChI=1S/C38H23N3OS/c1-2-10-22(11-3-1)35-29-21-34-28(25-14-6-9-17-33(25)43-34)20-30(29)39-38(40-35)41-31-15-7-4-12-23(31)26-18-19-27-24-13-5-8-16-32(24)42-37(27)36(26)41/h1-7,9-12,14-21,38-39H,8H2. The highest BCUT2D eigenvalue weighted by Gasteiger charge is 2.28. The number of allylic oxidation sites excluding steroid dienone is 1. The molecule has 1 N–H and O–H groups in total. The number of benzene rings is 5. The van der Waals surface area contributed by atoms with Crippen molar-refractivity contribution in [2.24, 2.45) is 4.99 Å². The van der Waals surface area contributed by atoms with Gasteiger partial charge < -0.3 is 9.73 Å². The van der Waals surface area contributed by atoms with Crippen LogP contribution < -0.4 is 16.0 Å². The third kappa shape index (κ3) is 3.23. The first kappa shape index (κ1) is 23.2. The lowest BCUT2D eigenvalue weighted by atomic mass is 9.97. The number of furan rings is 1. The molecule has 5 heteroatoms. The van der Waals surface area contributed by atoms with E-state index in [0.717, 1.165) is 67.0 Å². The van der Waals surface area contributed by atoms with E-state index in [0.29, 0.717) is 0 Å². The van der Waals surface area contributed by atoms with Crippen LogP contribution in [0.1, 0.15) is 23.8 Å². The first-order valence-electron chi connectivity index (χ1n) is 14.6. The number of rotatable bonds is 2. The van der Waals surface area contributed by atoms with Crippen LogP contribution in [0.2, 0.25) is 0 Å². The van der Waals surface area contributed by atoms with E-state index < -0.39 is 0 Å². The van der Waals surface area contributed by atoms with Crippen molar-refractivity contribution in [3.8, 4) is 0 Å². The number of aliphatic imine (C=N–C) groups is 1. The molecule has 202 valence electrons. The predicted octanol–water partition coefficient (Wildman–Crippen LogP) is 8.45. The smallest absolute Gasteiger partial charge is 0.201 e.